The molecule has 1 atom stereocenters. The summed E-state index contributed by atoms with van der Waals surface area (Å²) in [5.41, 5.74) is -0.699. The Kier molecular flexibility index (Phi) is 4.40. The molecule has 2 aromatic rings. The first kappa shape index (κ1) is 16.6. The van der Waals surface area contributed by atoms with Gasteiger partial charge in [-0.2, -0.15) is 0 Å². The van der Waals surface area contributed by atoms with Crippen molar-refractivity contribution in [3.8, 4) is 0 Å². The summed E-state index contributed by atoms with van der Waals surface area (Å²) in [7, 11) is 0. The molecule has 130 valence electrons. The van der Waals surface area contributed by atoms with Gasteiger partial charge in [0.2, 0.25) is 0 Å². The molecule has 0 bridgehead atoms. The van der Waals surface area contributed by atoms with Crippen molar-refractivity contribution in [3.63, 3.8) is 0 Å². The molecule has 0 aliphatic carbocycles. The normalized spacial score (nSPS) is 21.5. The van der Waals surface area contributed by atoms with Crippen molar-refractivity contribution < 1.29 is 5.11 Å². The SMILES string of the molecule is CCn1ccnc(N2CCC[C@](O)(c3cn(C(C)C)nn3)C2)c1=O. The number of hydrogen-bond acceptors (Lipinski definition) is 6. The molecule has 0 saturated carbocycles. The topological polar surface area (TPSA) is 89.1 Å². The number of aryl methyl sites for hydroxylation is 1. The Balaban J connectivity index is 1.90. The zero-order chi connectivity index (χ0) is 17.3. The predicted octanol–water partition coefficient (Wildman–Crippen LogP) is 0.924. The molecule has 0 spiro atoms. The fourth-order valence-corrected chi connectivity index (χ4v) is 3.07. The summed E-state index contributed by atoms with van der Waals surface area (Å²) in [5.74, 6) is 0.383. The van der Waals surface area contributed by atoms with Gasteiger partial charge in [-0.1, -0.05) is 5.21 Å². The van der Waals surface area contributed by atoms with Crippen LogP contribution in [0.25, 0.3) is 0 Å². The number of aliphatic hydroxyl groups is 1. The second kappa shape index (κ2) is 6.35. The van der Waals surface area contributed by atoms with Gasteiger partial charge in [0.15, 0.2) is 5.82 Å². The maximum Gasteiger partial charge on any atom is 0.293 e. The van der Waals surface area contributed by atoms with Crippen LogP contribution >= 0.6 is 0 Å². The summed E-state index contributed by atoms with van der Waals surface area (Å²) in [5, 5.41) is 19.3. The molecule has 8 heteroatoms. The van der Waals surface area contributed by atoms with Gasteiger partial charge in [-0.05, 0) is 33.6 Å². The van der Waals surface area contributed by atoms with Crippen LogP contribution in [-0.4, -0.2) is 42.7 Å². The van der Waals surface area contributed by atoms with E-state index in [2.05, 4.69) is 15.3 Å². The van der Waals surface area contributed by atoms with Crippen LogP contribution < -0.4 is 10.5 Å². The standard InChI is InChI=1S/C16H24N6O2/c1-4-20-9-7-17-14(15(20)23)21-8-5-6-16(24,11-21)13-10-22(12(2)3)19-18-13/h7,9-10,12,24H,4-6,8,11H2,1-3H3/t16-/m1/s1. The largest absolute Gasteiger partial charge is 0.382 e. The van der Waals surface area contributed by atoms with Gasteiger partial charge in [0.05, 0.1) is 12.7 Å². The van der Waals surface area contributed by atoms with E-state index < -0.39 is 5.60 Å². The highest BCUT2D eigenvalue weighted by Gasteiger charge is 2.38. The van der Waals surface area contributed by atoms with Crippen LogP contribution in [0, 0.1) is 0 Å². The van der Waals surface area contributed by atoms with Gasteiger partial charge in [0.1, 0.15) is 11.3 Å². The summed E-state index contributed by atoms with van der Waals surface area (Å²) < 4.78 is 3.35. The number of anilines is 1. The molecular weight excluding hydrogens is 308 g/mol. The summed E-state index contributed by atoms with van der Waals surface area (Å²) in [6.45, 7) is 7.51. The van der Waals surface area contributed by atoms with Crippen molar-refractivity contribution in [3.05, 3.63) is 34.6 Å². The number of hydrogen-bond donors (Lipinski definition) is 1. The lowest BCUT2D eigenvalue weighted by atomic mass is 9.90. The number of rotatable bonds is 4. The summed E-state index contributed by atoms with van der Waals surface area (Å²) >= 11 is 0. The first-order chi connectivity index (χ1) is 11.4. The van der Waals surface area contributed by atoms with Crippen molar-refractivity contribution in [2.24, 2.45) is 0 Å². The Morgan fingerprint density at radius 3 is 2.88 bits per heavy atom. The minimum atomic E-state index is -1.12. The zero-order valence-corrected chi connectivity index (χ0v) is 14.4. The third-order valence-corrected chi connectivity index (χ3v) is 4.52. The number of β-amino-alcohol motifs (C(OH)–C–C–N with tert-alkyl or cyclic N) is 1. The van der Waals surface area contributed by atoms with Crippen molar-refractivity contribution >= 4 is 5.82 Å². The van der Waals surface area contributed by atoms with E-state index in [-0.39, 0.29) is 11.6 Å². The molecule has 3 heterocycles. The minimum absolute atomic E-state index is 0.130. The van der Waals surface area contributed by atoms with Gasteiger partial charge < -0.3 is 14.6 Å². The van der Waals surface area contributed by atoms with Crippen LogP contribution in [0.3, 0.4) is 0 Å². The summed E-state index contributed by atoms with van der Waals surface area (Å²) in [6, 6.07) is 0.182. The highest BCUT2D eigenvalue weighted by atomic mass is 16.3. The van der Waals surface area contributed by atoms with E-state index >= 15 is 0 Å². The second-order valence-corrected chi connectivity index (χ2v) is 6.58. The van der Waals surface area contributed by atoms with E-state index in [1.165, 1.54) is 0 Å². The van der Waals surface area contributed by atoms with Crippen molar-refractivity contribution in [2.75, 3.05) is 18.0 Å². The Bertz CT molecular complexity index is 768. The molecule has 1 N–H and O–H groups in total. The molecule has 8 nitrogen and oxygen atoms in total. The molecule has 3 rings (SSSR count). The molecule has 1 fully saturated rings. The molecule has 1 aliphatic heterocycles. The molecule has 0 amide bonds. The van der Waals surface area contributed by atoms with Gasteiger partial charge in [0.25, 0.3) is 5.56 Å². The molecule has 1 aliphatic rings. The smallest absolute Gasteiger partial charge is 0.293 e. The molecule has 0 unspecified atom stereocenters. The number of aromatic nitrogens is 5. The van der Waals surface area contributed by atoms with Crippen molar-refractivity contribution in [1.82, 2.24) is 24.5 Å². The van der Waals surface area contributed by atoms with Crippen LogP contribution in [0.1, 0.15) is 45.3 Å². The summed E-state index contributed by atoms with van der Waals surface area (Å²) in [6.07, 6.45) is 6.44. The molecule has 24 heavy (non-hydrogen) atoms. The quantitative estimate of drug-likeness (QED) is 0.896. The van der Waals surface area contributed by atoms with Gasteiger partial charge in [-0.15, -0.1) is 5.10 Å². The number of nitrogens with zero attached hydrogens (tertiary/aromatic N) is 6. The van der Waals surface area contributed by atoms with Crippen LogP contribution in [-0.2, 0) is 12.1 Å². The molecule has 1 saturated heterocycles. The average molecular weight is 332 g/mol. The zero-order valence-electron chi connectivity index (χ0n) is 14.4. The Labute approximate surface area is 140 Å². The fourth-order valence-electron chi connectivity index (χ4n) is 3.07. The lowest BCUT2D eigenvalue weighted by Gasteiger charge is -2.38. The third-order valence-electron chi connectivity index (χ3n) is 4.52. The second-order valence-electron chi connectivity index (χ2n) is 6.58. The van der Waals surface area contributed by atoms with E-state index in [9.17, 15) is 9.90 Å². The fraction of sp³-hybridized carbons (Fsp3) is 0.625. The van der Waals surface area contributed by atoms with Crippen LogP contribution in [0.5, 0.6) is 0 Å². The van der Waals surface area contributed by atoms with E-state index in [0.717, 1.165) is 6.42 Å². The van der Waals surface area contributed by atoms with Crippen LogP contribution in [0.15, 0.2) is 23.4 Å². The predicted molar refractivity (Wildman–Crippen MR) is 89.9 cm³/mol. The highest BCUT2D eigenvalue weighted by Crippen LogP contribution is 2.31. The molecule has 0 radical (unpaired) electrons. The first-order valence-corrected chi connectivity index (χ1v) is 8.39. The van der Waals surface area contributed by atoms with E-state index in [1.54, 1.807) is 27.8 Å². The van der Waals surface area contributed by atoms with Crippen molar-refractivity contribution in [1.29, 1.82) is 0 Å². The Morgan fingerprint density at radius 1 is 1.42 bits per heavy atom. The lowest BCUT2D eigenvalue weighted by molar-refractivity contribution is 0.0173. The van der Waals surface area contributed by atoms with E-state index in [4.69, 9.17) is 0 Å². The van der Waals surface area contributed by atoms with Gasteiger partial charge in [0, 0.05) is 31.5 Å². The van der Waals surface area contributed by atoms with Crippen LogP contribution in [0.2, 0.25) is 0 Å². The highest BCUT2D eigenvalue weighted by molar-refractivity contribution is 5.38. The van der Waals surface area contributed by atoms with E-state index in [0.29, 0.717) is 37.6 Å². The molecular formula is C16H24N6O2. The number of piperidine rings is 1. The first-order valence-electron chi connectivity index (χ1n) is 8.39. The Morgan fingerprint density at radius 2 is 2.21 bits per heavy atom. The van der Waals surface area contributed by atoms with Gasteiger partial charge >= 0.3 is 0 Å². The maximum absolute atomic E-state index is 12.5. The average Bonchev–Trinajstić information content (AvgIpc) is 3.06. The monoisotopic (exact) mass is 332 g/mol. The maximum atomic E-state index is 12.5. The van der Waals surface area contributed by atoms with Crippen molar-refractivity contribution in [2.45, 2.75) is 51.8 Å². The minimum Gasteiger partial charge on any atom is -0.382 e. The van der Waals surface area contributed by atoms with Gasteiger partial charge in [-0.3, -0.25) is 4.79 Å². The third kappa shape index (κ3) is 2.93. The molecule has 0 aromatic carbocycles. The summed E-state index contributed by atoms with van der Waals surface area (Å²) in [4.78, 5) is 18.6. The molecule has 2 aromatic heterocycles. The van der Waals surface area contributed by atoms with E-state index in [1.807, 2.05) is 25.7 Å². The Hall–Kier alpha value is -2.22. The lowest BCUT2D eigenvalue weighted by Crippen LogP contribution is -2.48. The van der Waals surface area contributed by atoms with Gasteiger partial charge in [-0.25, -0.2) is 9.67 Å². The van der Waals surface area contributed by atoms with Crippen LogP contribution in [0.4, 0.5) is 5.82 Å².